The van der Waals surface area contributed by atoms with Crippen LogP contribution in [0.5, 0.6) is 5.75 Å². The lowest BCUT2D eigenvalue weighted by molar-refractivity contribution is -0.115. The van der Waals surface area contributed by atoms with E-state index in [2.05, 4.69) is 10.6 Å². The van der Waals surface area contributed by atoms with Crippen molar-refractivity contribution in [1.82, 2.24) is 5.32 Å². The average Bonchev–Trinajstić information content (AvgIpc) is 2.76. The number of halogens is 2. The molecule has 33 heavy (non-hydrogen) atoms. The van der Waals surface area contributed by atoms with E-state index in [9.17, 15) is 18.4 Å². The molecule has 0 saturated heterocycles. The number of nitrogens with one attached hydrogen (secondary N) is 2. The molecule has 0 fully saturated rings. The highest BCUT2D eigenvalue weighted by Gasteiger charge is 2.33. The van der Waals surface area contributed by atoms with Crippen molar-refractivity contribution in [1.29, 1.82) is 0 Å². The normalized spacial score (nSPS) is 11.6. The van der Waals surface area contributed by atoms with E-state index in [1.165, 1.54) is 12.1 Å². The minimum absolute atomic E-state index is 0.00255. The summed E-state index contributed by atoms with van der Waals surface area (Å²) in [6.07, 6.45) is -0.731. The molecule has 9 heteroatoms. The molecule has 0 atom stereocenters. The molecule has 0 heterocycles. The maximum absolute atomic E-state index is 14.4. The Morgan fingerprint density at radius 1 is 1.06 bits per heavy atom. The van der Waals surface area contributed by atoms with Crippen LogP contribution >= 0.6 is 0 Å². The van der Waals surface area contributed by atoms with E-state index in [4.69, 9.17) is 16.2 Å². The fourth-order valence-corrected chi connectivity index (χ4v) is 3.31. The van der Waals surface area contributed by atoms with Gasteiger partial charge in [0.05, 0.1) is 18.1 Å². The second kappa shape index (κ2) is 11.2. The van der Waals surface area contributed by atoms with Gasteiger partial charge in [0.1, 0.15) is 5.75 Å². The number of hydrogen-bond acceptors (Lipinski definition) is 5. The third-order valence-corrected chi connectivity index (χ3v) is 5.46. The number of hydrogen-bond donors (Lipinski definition) is 4. The molecule has 0 saturated carbocycles. The number of carbonyl (C=O) groups excluding carboxylic acids is 2. The maximum atomic E-state index is 14.4. The van der Waals surface area contributed by atoms with Gasteiger partial charge < -0.3 is 26.8 Å². The van der Waals surface area contributed by atoms with Crippen LogP contribution in [0.2, 0.25) is 0 Å². The lowest BCUT2D eigenvalue weighted by atomic mass is 9.86. The summed E-state index contributed by atoms with van der Waals surface area (Å²) in [7, 11) is 0. The molecular formula is C24H32F2N4O3. The van der Waals surface area contributed by atoms with Crippen molar-refractivity contribution in [3.8, 4) is 5.75 Å². The van der Waals surface area contributed by atoms with Crippen molar-refractivity contribution < 1.29 is 23.1 Å². The van der Waals surface area contributed by atoms with Crippen LogP contribution in [0.4, 0.5) is 14.5 Å². The van der Waals surface area contributed by atoms with Crippen LogP contribution in [0.25, 0.3) is 0 Å². The molecule has 0 aromatic heterocycles. The highest BCUT2D eigenvalue weighted by molar-refractivity contribution is 5.98. The number of benzene rings is 2. The topological polar surface area (TPSA) is 119 Å². The molecule has 7 nitrogen and oxygen atoms in total. The van der Waals surface area contributed by atoms with E-state index in [1.807, 2.05) is 13.8 Å². The Bertz CT molecular complexity index is 992. The molecule has 0 bridgehead atoms. The van der Waals surface area contributed by atoms with Crippen LogP contribution in [-0.2, 0) is 11.2 Å². The zero-order valence-corrected chi connectivity index (χ0v) is 19.4. The van der Waals surface area contributed by atoms with E-state index in [-0.39, 0.29) is 42.3 Å². The lowest BCUT2D eigenvalue weighted by Crippen LogP contribution is -2.61. The zero-order valence-electron chi connectivity index (χ0n) is 19.4. The summed E-state index contributed by atoms with van der Waals surface area (Å²) in [6, 6.07) is 8.51. The van der Waals surface area contributed by atoms with Gasteiger partial charge in [-0.05, 0) is 50.1 Å². The van der Waals surface area contributed by atoms with E-state index in [1.54, 1.807) is 32.0 Å². The molecule has 2 rings (SSSR count). The van der Waals surface area contributed by atoms with Crippen LogP contribution in [0.1, 0.15) is 43.6 Å². The molecule has 2 amide bonds. The number of carbonyl (C=O) groups is 2. The predicted molar refractivity (Wildman–Crippen MR) is 124 cm³/mol. The number of anilines is 1. The molecule has 180 valence electrons. The van der Waals surface area contributed by atoms with Crippen LogP contribution < -0.4 is 26.8 Å². The first kappa shape index (κ1) is 26.2. The lowest BCUT2D eigenvalue weighted by Gasteiger charge is -2.36. The minimum Gasteiger partial charge on any atom is -0.491 e. The van der Waals surface area contributed by atoms with E-state index >= 15 is 0 Å². The highest BCUT2D eigenvalue weighted by atomic mass is 19.2. The first-order valence-electron chi connectivity index (χ1n) is 10.8. The molecule has 0 unspecified atom stereocenters. The van der Waals surface area contributed by atoms with Gasteiger partial charge in [0.2, 0.25) is 5.91 Å². The van der Waals surface area contributed by atoms with Crippen molar-refractivity contribution in [3.63, 3.8) is 0 Å². The molecule has 2 aromatic carbocycles. The summed E-state index contributed by atoms with van der Waals surface area (Å²) < 4.78 is 33.6. The van der Waals surface area contributed by atoms with Gasteiger partial charge in [0, 0.05) is 29.9 Å². The quantitative estimate of drug-likeness (QED) is 0.433. The zero-order chi connectivity index (χ0) is 24.8. The van der Waals surface area contributed by atoms with Crippen LogP contribution in [0.15, 0.2) is 36.4 Å². The van der Waals surface area contributed by atoms with Crippen LogP contribution in [-0.4, -0.2) is 36.5 Å². The summed E-state index contributed by atoms with van der Waals surface area (Å²) in [5.41, 5.74) is 11.4. The van der Waals surface area contributed by atoms with E-state index in [0.29, 0.717) is 11.3 Å². The fraction of sp³-hybridized carbons (Fsp3) is 0.417. The number of ether oxygens (including phenoxy) is 1. The third-order valence-electron chi connectivity index (χ3n) is 5.46. The molecule has 2 aromatic rings. The smallest absolute Gasteiger partial charge is 0.251 e. The average molecular weight is 463 g/mol. The Balaban J connectivity index is 2.19. The molecule has 0 spiro atoms. The Morgan fingerprint density at radius 3 is 2.30 bits per heavy atom. The second-order valence-corrected chi connectivity index (χ2v) is 8.48. The Labute approximate surface area is 192 Å². The summed E-state index contributed by atoms with van der Waals surface area (Å²) in [5, 5.41) is 5.51. The minimum atomic E-state index is -1.13. The van der Waals surface area contributed by atoms with E-state index < -0.39 is 29.5 Å². The first-order valence-corrected chi connectivity index (χ1v) is 10.8. The van der Waals surface area contributed by atoms with Crippen LogP contribution in [0.3, 0.4) is 0 Å². The first-order chi connectivity index (χ1) is 15.5. The molecule has 0 aliphatic heterocycles. The van der Waals surface area contributed by atoms with Gasteiger partial charge in [0.25, 0.3) is 5.91 Å². The van der Waals surface area contributed by atoms with Gasteiger partial charge in [0.15, 0.2) is 11.6 Å². The van der Waals surface area contributed by atoms with Gasteiger partial charge in [-0.15, -0.1) is 0 Å². The Morgan fingerprint density at radius 2 is 1.73 bits per heavy atom. The second-order valence-electron chi connectivity index (χ2n) is 8.48. The molecule has 6 N–H and O–H groups in total. The summed E-state index contributed by atoms with van der Waals surface area (Å²) in [4.78, 5) is 25.4. The molecule has 0 radical (unpaired) electrons. The Kier molecular flexibility index (Phi) is 8.90. The largest absolute Gasteiger partial charge is 0.491 e. The predicted octanol–water partition coefficient (Wildman–Crippen LogP) is 2.98. The van der Waals surface area contributed by atoms with Gasteiger partial charge in [-0.25, -0.2) is 8.78 Å². The highest BCUT2D eigenvalue weighted by Crippen LogP contribution is 2.26. The molecular weight excluding hydrogens is 430 g/mol. The Hall–Kier alpha value is -3.04. The van der Waals surface area contributed by atoms with Crippen LogP contribution in [0, 0.1) is 17.6 Å². The van der Waals surface area contributed by atoms with Gasteiger partial charge in [-0.2, -0.15) is 0 Å². The fourth-order valence-electron chi connectivity index (χ4n) is 3.31. The standard InChI is InChI=1S/C24H32F2N4O3/c1-14(2)24(12-27,13-28)30-23(32)16-6-5-7-17(10-16)29-21(31)11-18-20(33-15(3)4)9-8-19(25)22(18)26/h5-10,14-15H,11-13,27-28H2,1-4H3,(H,29,31)(H,30,32). The molecule has 0 aliphatic carbocycles. The van der Waals surface area contributed by atoms with Gasteiger partial charge in [-0.1, -0.05) is 19.9 Å². The maximum Gasteiger partial charge on any atom is 0.251 e. The van der Waals surface area contributed by atoms with Gasteiger partial charge in [-0.3, -0.25) is 9.59 Å². The number of amides is 2. The van der Waals surface area contributed by atoms with E-state index in [0.717, 1.165) is 6.07 Å². The van der Waals surface area contributed by atoms with Crippen molar-refractivity contribution in [3.05, 3.63) is 59.2 Å². The molecule has 0 aliphatic rings. The summed E-state index contributed by atoms with van der Waals surface area (Å²) in [6.45, 7) is 7.65. The number of nitrogens with two attached hydrogens (primary N) is 2. The van der Waals surface area contributed by atoms with Crippen molar-refractivity contribution in [2.45, 2.75) is 45.8 Å². The SMILES string of the molecule is CC(C)Oc1ccc(F)c(F)c1CC(=O)Nc1cccc(C(=O)NC(CN)(CN)C(C)C)c1. The van der Waals surface area contributed by atoms with Crippen molar-refractivity contribution in [2.75, 3.05) is 18.4 Å². The van der Waals surface area contributed by atoms with Crippen molar-refractivity contribution in [2.24, 2.45) is 17.4 Å². The monoisotopic (exact) mass is 462 g/mol. The van der Waals surface area contributed by atoms with Crippen molar-refractivity contribution >= 4 is 17.5 Å². The summed E-state index contributed by atoms with van der Waals surface area (Å²) >= 11 is 0. The van der Waals surface area contributed by atoms with Gasteiger partial charge >= 0.3 is 0 Å². The summed E-state index contributed by atoms with van der Waals surface area (Å²) in [5.74, 6) is -3.08. The number of rotatable bonds is 10. The third kappa shape index (κ3) is 6.49.